The van der Waals surface area contributed by atoms with Crippen molar-refractivity contribution in [2.24, 2.45) is 0 Å². The zero-order valence-electron chi connectivity index (χ0n) is 7.38. The number of aldehydes is 1. The van der Waals surface area contributed by atoms with Crippen molar-refractivity contribution in [3.63, 3.8) is 0 Å². The lowest BCUT2D eigenvalue weighted by Gasteiger charge is -2.06. The molecule has 78 valence electrons. The van der Waals surface area contributed by atoms with E-state index in [9.17, 15) is 13.6 Å². The van der Waals surface area contributed by atoms with Gasteiger partial charge in [0.05, 0.1) is 11.3 Å². The highest BCUT2D eigenvalue weighted by Gasteiger charge is 2.17. The topological polar surface area (TPSA) is 53.8 Å². The molecule has 0 fully saturated rings. The van der Waals surface area contributed by atoms with Crippen molar-refractivity contribution in [2.75, 3.05) is 0 Å². The monoisotopic (exact) mass is 274 g/mol. The first-order chi connectivity index (χ1) is 7.13. The molecule has 0 spiro atoms. The highest BCUT2D eigenvalue weighted by atomic mass is 79.9. The maximum atomic E-state index is 12.4. The largest absolute Gasteiger partial charge is 0.298 e. The molecule has 6 heteroatoms. The van der Waals surface area contributed by atoms with Crippen molar-refractivity contribution in [2.45, 2.75) is 11.8 Å². The smallest absolute Gasteiger partial charge is 0.266 e. The number of pyridine rings is 1. The van der Waals surface area contributed by atoms with Gasteiger partial charge in [0, 0.05) is 10.9 Å². The third-order valence-electron chi connectivity index (χ3n) is 1.76. The van der Waals surface area contributed by atoms with E-state index in [1.807, 2.05) is 0 Å². The predicted molar refractivity (Wildman–Crippen MR) is 51.9 cm³/mol. The summed E-state index contributed by atoms with van der Waals surface area (Å²) in [6, 6.07) is 2.57. The number of alkyl halides is 3. The normalized spacial score (nSPS) is 10.1. The van der Waals surface area contributed by atoms with Crippen LogP contribution in [0.15, 0.2) is 6.07 Å². The maximum Gasteiger partial charge on any atom is 0.266 e. The van der Waals surface area contributed by atoms with E-state index in [2.05, 4.69) is 20.9 Å². The fourth-order valence-electron chi connectivity index (χ4n) is 1.05. The molecule has 0 bridgehead atoms. The highest BCUT2D eigenvalue weighted by Crippen LogP contribution is 2.24. The minimum atomic E-state index is -2.81. The molecular formula is C9H5BrF2N2O. The van der Waals surface area contributed by atoms with Gasteiger partial charge in [0.1, 0.15) is 11.8 Å². The molecule has 0 aliphatic heterocycles. The molecule has 0 aliphatic rings. The molecule has 1 heterocycles. The maximum absolute atomic E-state index is 12.4. The summed E-state index contributed by atoms with van der Waals surface area (Å²) in [6.45, 7) is 0. The van der Waals surface area contributed by atoms with E-state index in [0.717, 1.165) is 6.07 Å². The van der Waals surface area contributed by atoms with Gasteiger partial charge in [-0.3, -0.25) is 4.79 Å². The average Bonchev–Trinajstić information content (AvgIpc) is 2.26. The molecule has 0 unspecified atom stereocenters. The van der Waals surface area contributed by atoms with Gasteiger partial charge in [0.2, 0.25) is 0 Å². The summed E-state index contributed by atoms with van der Waals surface area (Å²) in [5.74, 6) is 0. The second kappa shape index (κ2) is 4.94. The van der Waals surface area contributed by atoms with Crippen LogP contribution in [-0.2, 0) is 5.33 Å². The molecule has 0 amide bonds. The molecular weight excluding hydrogens is 270 g/mol. The first-order valence-electron chi connectivity index (χ1n) is 3.87. The quantitative estimate of drug-likeness (QED) is 0.629. The van der Waals surface area contributed by atoms with Crippen molar-refractivity contribution >= 4 is 22.2 Å². The van der Waals surface area contributed by atoms with Crippen molar-refractivity contribution in [1.82, 2.24) is 4.98 Å². The van der Waals surface area contributed by atoms with Crippen LogP contribution in [0.3, 0.4) is 0 Å². The second-order valence-electron chi connectivity index (χ2n) is 2.63. The van der Waals surface area contributed by atoms with E-state index in [1.165, 1.54) is 0 Å². The third kappa shape index (κ3) is 2.36. The fraction of sp³-hybridized carbons (Fsp3) is 0.222. The molecule has 1 aromatic heterocycles. The van der Waals surface area contributed by atoms with E-state index in [-0.39, 0.29) is 22.3 Å². The van der Waals surface area contributed by atoms with Crippen molar-refractivity contribution < 1.29 is 13.6 Å². The molecule has 15 heavy (non-hydrogen) atoms. The van der Waals surface area contributed by atoms with Gasteiger partial charge in [-0.25, -0.2) is 13.8 Å². The van der Waals surface area contributed by atoms with E-state index < -0.39 is 12.0 Å². The lowest BCUT2D eigenvalue weighted by Crippen LogP contribution is -2.02. The van der Waals surface area contributed by atoms with E-state index in [1.54, 1.807) is 6.07 Å². The van der Waals surface area contributed by atoms with E-state index in [0.29, 0.717) is 6.29 Å². The van der Waals surface area contributed by atoms with Gasteiger partial charge < -0.3 is 0 Å². The zero-order chi connectivity index (χ0) is 11.4. The number of nitrogens with zero attached hydrogens (tertiary/aromatic N) is 2. The van der Waals surface area contributed by atoms with Crippen LogP contribution < -0.4 is 0 Å². The molecule has 0 N–H and O–H groups in total. The van der Waals surface area contributed by atoms with Gasteiger partial charge in [-0.15, -0.1) is 0 Å². The number of hydrogen-bond acceptors (Lipinski definition) is 3. The van der Waals surface area contributed by atoms with Gasteiger partial charge in [-0.05, 0) is 6.07 Å². The summed E-state index contributed by atoms with van der Waals surface area (Å²) in [7, 11) is 0. The number of rotatable bonds is 3. The first kappa shape index (κ1) is 11.7. The Labute approximate surface area is 92.9 Å². The molecule has 0 saturated heterocycles. The molecule has 0 radical (unpaired) electrons. The van der Waals surface area contributed by atoms with Crippen LogP contribution in [0.2, 0.25) is 0 Å². The third-order valence-corrected chi connectivity index (χ3v) is 2.29. The lowest BCUT2D eigenvalue weighted by atomic mass is 10.1. The first-order valence-corrected chi connectivity index (χ1v) is 4.99. The Morgan fingerprint density at radius 3 is 2.73 bits per heavy atom. The Bertz CT molecular complexity index is 429. The van der Waals surface area contributed by atoms with Crippen LogP contribution in [0, 0.1) is 11.3 Å². The van der Waals surface area contributed by atoms with Crippen LogP contribution in [0.25, 0.3) is 0 Å². The number of nitriles is 1. The van der Waals surface area contributed by atoms with Crippen LogP contribution in [0.5, 0.6) is 0 Å². The Kier molecular flexibility index (Phi) is 3.86. The van der Waals surface area contributed by atoms with Crippen molar-refractivity contribution in [3.8, 4) is 6.07 Å². The van der Waals surface area contributed by atoms with Crippen LogP contribution in [-0.4, -0.2) is 11.3 Å². The van der Waals surface area contributed by atoms with Crippen LogP contribution in [0.1, 0.15) is 33.7 Å². The Balaban J connectivity index is 3.42. The number of halogens is 3. The molecule has 1 aromatic rings. The van der Waals surface area contributed by atoms with Gasteiger partial charge in [0.15, 0.2) is 6.29 Å². The van der Waals surface area contributed by atoms with Crippen molar-refractivity contribution in [3.05, 3.63) is 28.6 Å². The zero-order valence-corrected chi connectivity index (χ0v) is 8.96. The Morgan fingerprint density at radius 2 is 2.33 bits per heavy atom. The van der Waals surface area contributed by atoms with Gasteiger partial charge >= 0.3 is 0 Å². The lowest BCUT2D eigenvalue weighted by molar-refractivity contribution is 0.112. The Morgan fingerprint density at radius 1 is 1.67 bits per heavy atom. The number of hydrogen-bond donors (Lipinski definition) is 0. The molecule has 0 aromatic carbocycles. The summed E-state index contributed by atoms with van der Waals surface area (Å²) >= 11 is 3.06. The summed E-state index contributed by atoms with van der Waals surface area (Å²) in [4.78, 5) is 14.3. The number of carbonyl (C=O) groups is 1. The van der Waals surface area contributed by atoms with E-state index in [4.69, 9.17) is 5.26 Å². The summed E-state index contributed by atoms with van der Waals surface area (Å²) < 4.78 is 24.9. The second-order valence-corrected chi connectivity index (χ2v) is 3.19. The van der Waals surface area contributed by atoms with Crippen molar-refractivity contribution in [1.29, 1.82) is 5.26 Å². The Hall–Kier alpha value is -1.35. The number of carbonyl (C=O) groups excluding carboxylic acids is 1. The summed E-state index contributed by atoms with van der Waals surface area (Å²) in [6.07, 6.45) is -2.37. The highest BCUT2D eigenvalue weighted by molar-refractivity contribution is 9.08. The molecule has 0 aliphatic carbocycles. The van der Waals surface area contributed by atoms with E-state index >= 15 is 0 Å². The predicted octanol–water partition coefficient (Wildman–Crippen LogP) is 2.60. The molecule has 0 saturated carbocycles. The summed E-state index contributed by atoms with van der Waals surface area (Å²) in [5.41, 5.74) is -0.499. The average molecular weight is 275 g/mol. The minimum absolute atomic E-state index is 0.0705. The molecule has 0 atom stereocenters. The van der Waals surface area contributed by atoms with Gasteiger partial charge in [-0.1, -0.05) is 15.9 Å². The molecule has 3 nitrogen and oxygen atoms in total. The van der Waals surface area contributed by atoms with Gasteiger partial charge in [0.25, 0.3) is 6.43 Å². The van der Waals surface area contributed by atoms with Crippen LogP contribution >= 0.6 is 15.9 Å². The SMILES string of the molecule is N#Cc1nc(CBr)c(C=O)cc1C(F)F. The minimum Gasteiger partial charge on any atom is -0.298 e. The number of aromatic nitrogens is 1. The molecule has 1 rings (SSSR count). The van der Waals surface area contributed by atoms with Crippen LogP contribution in [0.4, 0.5) is 8.78 Å². The summed E-state index contributed by atoms with van der Waals surface area (Å²) in [5, 5.41) is 8.84. The fourth-order valence-corrected chi connectivity index (χ4v) is 1.50. The standard InChI is InChI=1S/C9H5BrF2N2O/c10-2-7-5(4-15)1-6(9(11)12)8(3-13)14-7/h1,4,9H,2H2. The van der Waals surface area contributed by atoms with Gasteiger partial charge in [-0.2, -0.15) is 5.26 Å².